The van der Waals surface area contributed by atoms with Gasteiger partial charge in [0.05, 0.1) is 6.61 Å². The van der Waals surface area contributed by atoms with Crippen LogP contribution in [-0.2, 0) is 4.75 Å². The lowest BCUT2D eigenvalue weighted by Gasteiger charge is -2.26. The van der Waals surface area contributed by atoms with Crippen molar-refractivity contribution in [2.24, 2.45) is 0 Å². The van der Waals surface area contributed by atoms with E-state index in [1.807, 2.05) is 13.8 Å². The molecule has 0 fully saturated rings. The molecule has 1 atom stereocenters. The van der Waals surface area contributed by atoms with Gasteiger partial charge in [0.15, 0.2) is 0 Å². The highest BCUT2D eigenvalue weighted by atomic mass is 32.1. The van der Waals surface area contributed by atoms with Crippen molar-refractivity contribution < 1.29 is 9.13 Å². The molecule has 1 nitrogen and oxygen atoms in total. The first-order valence-corrected chi connectivity index (χ1v) is 6.61. The van der Waals surface area contributed by atoms with E-state index in [1.54, 1.807) is 6.07 Å². The quantitative estimate of drug-likeness (QED) is 0.734. The highest BCUT2D eigenvalue weighted by Crippen LogP contribution is 2.39. The SMILES string of the molecule is CCCCC(C)(S)c1cc(F)ccc1OCC. The molecule has 1 aromatic carbocycles. The molecule has 0 saturated carbocycles. The van der Waals surface area contributed by atoms with E-state index in [1.165, 1.54) is 12.1 Å². The summed E-state index contributed by atoms with van der Waals surface area (Å²) in [5.41, 5.74) is 0.844. The lowest BCUT2D eigenvalue weighted by molar-refractivity contribution is 0.331. The summed E-state index contributed by atoms with van der Waals surface area (Å²) >= 11 is 4.67. The zero-order valence-electron chi connectivity index (χ0n) is 10.8. The third-order valence-corrected chi connectivity index (χ3v) is 3.30. The summed E-state index contributed by atoms with van der Waals surface area (Å²) in [6.45, 7) is 6.66. The first-order chi connectivity index (χ1) is 8.01. The molecular formula is C14H21FOS. The van der Waals surface area contributed by atoms with Gasteiger partial charge in [0.25, 0.3) is 0 Å². The number of thiol groups is 1. The molecule has 0 saturated heterocycles. The topological polar surface area (TPSA) is 9.23 Å². The van der Waals surface area contributed by atoms with Gasteiger partial charge in [-0.05, 0) is 38.5 Å². The lowest BCUT2D eigenvalue weighted by atomic mass is 9.93. The molecule has 0 aliphatic heterocycles. The molecule has 0 amide bonds. The molecule has 3 heteroatoms. The van der Waals surface area contributed by atoms with Crippen LogP contribution in [-0.4, -0.2) is 6.61 Å². The fourth-order valence-corrected chi connectivity index (χ4v) is 2.19. The number of hydrogen-bond donors (Lipinski definition) is 1. The van der Waals surface area contributed by atoms with Gasteiger partial charge in [0.2, 0.25) is 0 Å². The summed E-state index contributed by atoms with van der Waals surface area (Å²) in [5.74, 6) is 0.503. The lowest BCUT2D eigenvalue weighted by Crippen LogP contribution is -2.16. The summed E-state index contributed by atoms with van der Waals surface area (Å²) < 4.78 is 18.5. The van der Waals surface area contributed by atoms with Gasteiger partial charge >= 0.3 is 0 Å². The standard InChI is InChI=1S/C14H21FOS/c1-4-6-9-14(3,17)12-10-11(15)7-8-13(12)16-5-2/h7-8,10,17H,4-6,9H2,1-3H3. The van der Waals surface area contributed by atoms with Gasteiger partial charge in [-0.3, -0.25) is 0 Å². The Morgan fingerprint density at radius 1 is 1.35 bits per heavy atom. The van der Waals surface area contributed by atoms with Crippen molar-refractivity contribution in [2.45, 2.75) is 44.8 Å². The van der Waals surface area contributed by atoms with Crippen LogP contribution in [0.1, 0.15) is 45.6 Å². The van der Waals surface area contributed by atoms with E-state index in [9.17, 15) is 4.39 Å². The molecule has 0 bridgehead atoms. The number of unbranched alkanes of at least 4 members (excludes halogenated alkanes) is 1. The summed E-state index contributed by atoms with van der Waals surface area (Å²) in [6.07, 6.45) is 3.09. The average molecular weight is 256 g/mol. The molecule has 0 heterocycles. The molecule has 0 N–H and O–H groups in total. The molecular weight excluding hydrogens is 235 g/mol. The zero-order chi connectivity index (χ0) is 12.9. The Hall–Kier alpha value is -0.700. The van der Waals surface area contributed by atoms with Crippen LogP contribution in [0.5, 0.6) is 5.75 Å². The molecule has 1 aromatic rings. The molecule has 1 unspecified atom stereocenters. The Balaban J connectivity index is 3.03. The first-order valence-electron chi connectivity index (χ1n) is 6.16. The monoisotopic (exact) mass is 256 g/mol. The van der Waals surface area contributed by atoms with Crippen LogP contribution < -0.4 is 4.74 Å². The molecule has 0 aromatic heterocycles. The molecule has 1 rings (SSSR count). The van der Waals surface area contributed by atoms with Gasteiger partial charge in [-0.25, -0.2) is 4.39 Å². The van der Waals surface area contributed by atoms with Crippen molar-refractivity contribution in [2.75, 3.05) is 6.61 Å². The maximum atomic E-state index is 13.4. The van der Waals surface area contributed by atoms with Crippen molar-refractivity contribution in [3.8, 4) is 5.75 Å². The number of ether oxygens (including phenoxy) is 1. The smallest absolute Gasteiger partial charge is 0.124 e. The first kappa shape index (κ1) is 14.4. The third-order valence-electron chi connectivity index (χ3n) is 2.84. The highest BCUT2D eigenvalue weighted by molar-refractivity contribution is 7.81. The van der Waals surface area contributed by atoms with Gasteiger partial charge < -0.3 is 4.74 Å². The van der Waals surface area contributed by atoms with Crippen LogP contribution in [0, 0.1) is 5.82 Å². The maximum Gasteiger partial charge on any atom is 0.124 e. The van der Waals surface area contributed by atoms with Gasteiger partial charge in [-0.2, -0.15) is 12.6 Å². The van der Waals surface area contributed by atoms with E-state index < -0.39 is 0 Å². The predicted molar refractivity (Wildman–Crippen MR) is 73.4 cm³/mol. The van der Waals surface area contributed by atoms with Gasteiger partial charge in [0.1, 0.15) is 11.6 Å². The van der Waals surface area contributed by atoms with Crippen LogP contribution in [0.4, 0.5) is 4.39 Å². The van der Waals surface area contributed by atoms with E-state index in [-0.39, 0.29) is 10.6 Å². The van der Waals surface area contributed by atoms with Crippen molar-refractivity contribution in [1.82, 2.24) is 0 Å². The summed E-state index contributed by atoms with van der Waals surface area (Å²) in [7, 11) is 0. The maximum absolute atomic E-state index is 13.4. The second-order valence-electron chi connectivity index (χ2n) is 4.45. The Bertz CT molecular complexity index is 363. The van der Waals surface area contributed by atoms with E-state index in [4.69, 9.17) is 4.74 Å². The minimum absolute atomic E-state index is 0.236. The second kappa shape index (κ2) is 6.29. The van der Waals surface area contributed by atoms with Crippen LogP contribution in [0.15, 0.2) is 18.2 Å². The van der Waals surface area contributed by atoms with E-state index in [2.05, 4.69) is 19.6 Å². The molecule has 0 radical (unpaired) electrons. The number of benzene rings is 1. The second-order valence-corrected chi connectivity index (χ2v) is 5.44. The summed E-state index contributed by atoms with van der Waals surface area (Å²) in [4.78, 5) is 0. The summed E-state index contributed by atoms with van der Waals surface area (Å²) in [6, 6.07) is 4.65. The van der Waals surface area contributed by atoms with E-state index in [0.717, 1.165) is 30.6 Å². The minimum Gasteiger partial charge on any atom is -0.494 e. The number of hydrogen-bond acceptors (Lipinski definition) is 2. The normalized spacial score (nSPS) is 14.4. The highest BCUT2D eigenvalue weighted by Gasteiger charge is 2.25. The van der Waals surface area contributed by atoms with Crippen LogP contribution >= 0.6 is 12.6 Å². The molecule has 0 aliphatic rings. The molecule has 0 spiro atoms. The van der Waals surface area contributed by atoms with Gasteiger partial charge in [-0.1, -0.05) is 19.8 Å². The van der Waals surface area contributed by atoms with Crippen molar-refractivity contribution >= 4 is 12.6 Å². The van der Waals surface area contributed by atoms with Crippen LogP contribution in [0.2, 0.25) is 0 Å². The molecule has 17 heavy (non-hydrogen) atoms. The zero-order valence-corrected chi connectivity index (χ0v) is 11.7. The van der Waals surface area contributed by atoms with Crippen molar-refractivity contribution in [1.29, 1.82) is 0 Å². The van der Waals surface area contributed by atoms with Crippen LogP contribution in [0.3, 0.4) is 0 Å². The van der Waals surface area contributed by atoms with Crippen molar-refractivity contribution in [3.05, 3.63) is 29.6 Å². The van der Waals surface area contributed by atoms with Gasteiger partial charge in [-0.15, -0.1) is 0 Å². The number of halogens is 1. The van der Waals surface area contributed by atoms with Crippen molar-refractivity contribution in [3.63, 3.8) is 0 Å². The minimum atomic E-state index is -0.345. The largest absolute Gasteiger partial charge is 0.494 e. The number of rotatable bonds is 6. The van der Waals surface area contributed by atoms with E-state index >= 15 is 0 Å². The Labute approximate surface area is 109 Å². The van der Waals surface area contributed by atoms with Gasteiger partial charge in [0, 0.05) is 10.3 Å². The predicted octanol–water partition coefficient (Wildman–Crippen LogP) is 4.56. The molecule has 0 aliphatic carbocycles. The third kappa shape index (κ3) is 3.91. The Morgan fingerprint density at radius 2 is 2.06 bits per heavy atom. The average Bonchev–Trinajstić information content (AvgIpc) is 2.29. The Morgan fingerprint density at radius 3 is 2.65 bits per heavy atom. The molecule has 96 valence electrons. The summed E-state index contributed by atoms with van der Waals surface area (Å²) in [5, 5.41) is 0. The fraction of sp³-hybridized carbons (Fsp3) is 0.571. The van der Waals surface area contributed by atoms with E-state index in [0.29, 0.717) is 6.61 Å². The fourth-order valence-electron chi connectivity index (χ4n) is 1.86. The Kier molecular flexibility index (Phi) is 5.31. The van der Waals surface area contributed by atoms with Crippen LogP contribution in [0.25, 0.3) is 0 Å².